The number of ether oxygens (including phenoxy) is 4. The zero-order valence-corrected chi connectivity index (χ0v) is 31.9. The summed E-state index contributed by atoms with van der Waals surface area (Å²) in [5.41, 5.74) is 3.51. The molecule has 55 heavy (non-hydrogen) atoms. The third-order valence-corrected chi connectivity index (χ3v) is 10.6. The van der Waals surface area contributed by atoms with E-state index in [9.17, 15) is 19.5 Å². The molecule has 7 rings (SSSR count). The van der Waals surface area contributed by atoms with Gasteiger partial charge in [0.15, 0.2) is 12.9 Å². The van der Waals surface area contributed by atoms with Crippen LogP contribution >= 0.6 is 0 Å². The summed E-state index contributed by atoms with van der Waals surface area (Å²) in [4.78, 5) is 57.8. The Labute approximate surface area is 322 Å². The number of benzene rings is 3. The predicted octanol–water partition coefficient (Wildman–Crippen LogP) is 7.39. The SMILES string of the molecule is CC(C)(C)OC(=O)N1CC[C@H](c2cccc(-c3ccc(OC4CCCCO4)cc3)c2)[C@@H](C(=O)N(c2ccc3c(c2)N(CCCC(=O)O)C(=O)CO3)C2CC2)C1. The smallest absolute Gasteiger partial charge is 0.410 e. The molecule has 1 saturated carbocycles. The molecule has 4 aliphatic rings. The van der Waals surface area contributed by atoms with Gasteiger partial charge in [0.2, 0.25) is 5.91 Å². The van der Waals surface area contributed by atoms with Crippen molar-refractivity contribution in [3.63, 3.8) is 0 Å². The summed E-state index contributed by atoms with van der Waals surface area (Å²) in [6.07, 6.45) is 4.79. The first kappa shape index (κ1) is 38.2. The average molecular weight is 754 g/mol. The number of hydrogen-bond donors (Lipinski definition) is 1. The molecule has 1 N–H and O–H groups in total. The molecule has 3 amide bonds. The lowest BCUT2D eigenvalue weighted by Gasteiger charge is -2.41. The van der Waals surface area contributed by atoms with Crippen molar-refractivity contribution in [3.05, 3.63) is 72.3 Å². The lowest BCUT2D eigenvalue weighted by atomic mass is 9.78. The van der Waals surface area contributed by atoms with E-state index in [0.29, 0.717) is 36.7 Å². The Morgan fingerprint density at radius 3 is 2.45 bits per heavy atom. The summed E-state index contributed by atoms with van der Waals surface area (Å²) < 4.78 is 23.3. The first-order valence-electron chi connectivity index (χ1n) is 19.5. The number of nitrogens with zero attached hydrogens (tertiary/aromatic N) is 3. The maximum absolute atomic E-state index is 15.1. The minimum absolute atomic E-state index is 0.0325. The Balaban J connectivity index is 1.18. The fourth-order valence-corrected chi connectivity index (χ4v) is 7.73. The van der Waals surface area contributed by atoms with E-state index >= 15 is 4.79 Å². The molecule has 1 aliphatic carbocycles. The van der Waals surface area contributed by atoms with Gasteiger partial charge in [-0.2, -0.15) is 0 Å². The third kappa shape index (κ3) is 9.24. The first-order chi connectivity index (χ1) is 26.4. The second-order valence-electron chi connectivity index (χ2n) is 15.9. The molecule has 0 aromatic heterocycles. The van der Waals surface area contributed by atoms with Crippen LogP contribution in [0.4, 0.5) is 16.2 Å². The van der Waals surface area contributed by atoms with Gasteiger partial charge in [0.1, 0.15) is 17.1 Å². The number of carboxylic acids is 1. The van der Waals surface area contributed by atoms with Gasteiger partial charge in [0, 0.05) is 44.2 Å². The van der Waals surface area contributed by atoms with Gasteiger partial charge < -0.3 is 38.8 Å². The summed E-state index contributed by atoms with van der Waals surface area (Å²) in [6, 6.07) is 21.7. The van der Waals surface area contributed by atoms with Crippen molar-refractivity contribution in [3.8, 4) is 22.6 Å². The molecule has 3 heterocycles. The highest BCUT2D eigenvalue weighted by atomic mass is 16.7. The number of rotatable bonds is 11. The highest BCUT2D eigenvalue weighted by Crippen LogP contribution is 2.43. The summed E-state index contributed by atoms with van der Waals surface area (Å²) in [6.45, 7) is 6.92. The standard InChI is InChI=1S/C43H51N3O9/c1-43(2,3)55-42(51)44-22-20-34(30-9-6-8-29(24-30)28-12-17-33(18-13-28)54-40-11-4-5-23-52-40)35(26-44)41(50)46(31-14-15-31)32-16-19-37-36(25-32)45(38(47)27-53-37)21-7-10-39(48)49/h6,8-9,12-13,16-19,24-25,31,34-35,40H,4-5,7,10-11,14-15,20-23,26-27H2,1-3H3,(H,48,49)/t34-,35+,40?/m1/s1. The molecule has 2 saturated heterocycles. The average Bonchev–Trinajstić information content (AvgIpc) is 4.01. The molecule has 0 radical (unpaired) electrons. The van der Waals surface area contributed by atoms with Crippen molar-refractivity contribution in [2.45, 2.75) is 96.0 Å². The Kier molecular flexibility index (Phi) is 11.3. The van der Waals surface area contributed by atoms with Crippen LogP contribution in [0, 0.1) is 5.92 Å². The molecular formula is C43H51N3O9. The lowest BCUT2D eigenvalue weighted by Crippen LogP contribution is -2.51. The fourth-order valence-electron chi connectivity index (χ4n) is 7.73. The maximum atomic E-state index is 15.1. The zero-order chi connectivity index (χ0) is 38.7. The number of piperidine rings is 1. The molecule has 0 bridgehead atoms. The number of likely N-dealkylation sites (tertiary alicyclic amines) is 1. The molecule has 3 aromatic carbocycles. The van der Waals surface area contributed by atoms with Crippen molar-refractivity contribution >= 4 is 35.3 Å². The van der Waals surface area contributed by atoms with Crippen LogP contribution in [0.1, 0.15) is 83.6 Å². The van der Waals surface area contributed by atoms with Crippen LogP contribution in [0.3, 0.4) is 0 Å². The number of carboxylic acid groups (broad SMARTS) is 1. The number of hydrogen-bond acceptors (Lipinski definition) is 8. The van der Waals surface area contributed by atoms with Crippen LogP contribution in [0.2, 0.25) is 0 Å². The van der Waals surface area contributed by atoms with Gasteiger partial charge in [0.05, 0.1) is 18.2 Å². The Morgan fingerprint density at radius 2 is 1.75 bits per heavy atom. The van der Waals surface area contributed by atoms with Gasteiger partial charge in [-0.15, -0.1) is 0 Å². The maximum Gasteiger partial charge on any atom is 0.410 e. The first-order valence-corrected chi connectivity index (χ1v) is 19.5. The van der Waals surface area contributed by atoms with Crippen molar-refractivity contribution in [1.29, 1.82) is 0 Å². The number of fused-ring (bicyclic) bond motifs is 1. The van der Waals surface area contributed by atoms with Crippen molar-refractivity contribution in [2.24, 2.45) is 5.92 Å². The number of aliphatic carboxylic acids is 1. The van der Waals surface area contributed by atoms with Crippen LogP contribution in [-0.4, -0.2) is 84.7 Å². The van der Waals surface area contributed by atoms with E-state index in [2.05, 4.69) is 18.2 Å². The van der Waals surface area contributed by atoms with Crippen molar-refractivity contribution in [2.75, 3.05) is 42.6 Å². The highest BCUT2D eigenvalue weighted by molar-refractivity contribution is 6.01. The summed E-state index contributed by atoms with van der Waals surface area (Å²) in [5.74, 6) is -0.794. The molecule has 0 spiro atoms. The van der Waals surface area contributed by atoms with Crippen LogP contribution in [0.5, 0.6) is 11.5 Å². The van der Waals surface area contributed by atoms with E-state index in [-0.39, 0.29) is 62.6 Å². The monoisotopic (exact) mass is 753 g/mol. The Hall–Kier alpha value is -5.10. The zero-order valence-electron chi connectivity index (χ0n) is 31.9. The Bertz CT molecular complexity index is 1880. The lowest BCUT2D eigenvalue weighted by molar-refractivity contribution is -0.137. The molecule has 1 unspecified atom stereocenters. The summed E-state index contributed by atoms with van der Waals surface area (Å²) >= 11 is 0. The summed E-state index contributed by atoms with van der Waals surface area (Å²) in [7, 11) is 0. The number of anilines is 2. The van der Waals surface area contributed by atoms with Gasteiger partial charge in [-0.3, -0.25) is 14.4 Å². The second-order valence-corrected chi connectivity index (χ2v) is 15.9. The molecule has 12 nitrogen and oxygen atoms in total. The number of carbonyl (C=O) groups excluding carboxylic acids is 3. The van der Waals surface area contributed by atoms with Crippen molar-refractivity contribution < 1.29 is 43.2 Å². The third-order valence-electron chi connectivity index (χ3n) is 10.6. The van der Waals surface area contributed by atoms with Crippen LogP contribution < -0.4 is 19.3 Å². The molecule has 3 atom stereocenters. The predicted molar refractivity (Wildman–Crippen MR) is 206 cm³/mol. The van der Waals surface area contributed by atoms with Gasteiger partial charge in [-0.1, -0.05) is 36.4 Å². The van der Waals surface area contributed by atoms with E-state index in [1.807, 2.05) is 62.1 Å². The Morgan fingerprint density at radius 1 is 0.945 bits per heavy atom. The molecule has 3 fully saturated rings. The largest absolute Gasteiger partial charge is 0.482 e. The minimum atomic E-state index is -0.930. The molecule has 12 heteroatoms. The van der Waals surface area contributed by atoms with E-state index < -0.39 is 23.6 Å². The van der Waals surface area contributed by atoms with Gasteiger partial charge >= 0.3 is 12.1 Å². The van der Waals surface area contributed by atoms with E-state index in [1.165, 1.54) is 0 Å². The van der Waals surface area contributed by atoms with Crippen LogP contribution in [0.15, 0.2) is 66.7 Å². The van der Waals surface area contributed by atoms with Gasteiger partial charge in [-0.05, 0) is 112 Å². The normalized spacial score (nSPS) is 21.3. The van der Waals surface area contributed by atoms with Crippen LogP contribution in [0.25, 0.3) is 11.1 Å². The molecule has 3 aromatic rings. The fraction of sp³-hybridized carbons (Fsp3) is 0.488. The minimum Gasteiger partial charge on any atom is -0.482 e. The number of amides is 3. The van der Waals surface area contributed by atoms with Crippen LogP contribution in [-0.2, 0) is 23.9 Å². The quantitative estimate of drug-likeness (QED) is 0.213. The molecule has 292 valence electrons. The van der Waals surface area contributed by atoms with E-state index in [4.69, 9.17) is 18.9 Å². The highest BCUT2D eigenvalue weighted by Gasteiger charge is 2.44. The molecule has 3 aliphatic heterocycles. The number of carbonyl (C=O) groups is 4. The summed E-state index contributed by atoms with van der Waals surface area (Å²) in [5, 5.41) is 9.21. The second kappa shape index (κ2) is 16.3. The van der Waals surface area contributed by atoms with E-state index in [1.54, 1.807) is 21.9 Å². The van der Waals surface area contributed by atoms with Gasteiger partial charge in [-0.25, -0.2) is 4.79 Å². The van der Waals surface area contributed by atoms with Crippen molar-refractivity contribution in [1.82, 2.24) is 4.90 Å². The van der Waals surface area contributed by atoms with E-state index in [0.717, 1.165) is 54.5 Å². The topological polar surface area (TPSA) is 135 Å². The molecular weight excluding hydrogens is 702 g/mol. The van der Waals surface area contributed by atoms with Gasteiger partial charge in [0.25, 0.3) is 5.91 Å².